The summed E-state index contributed by atoms with van der Waals surface area (Å²) < 4.78 is 7.46. The van der Waals surface area contributed by atoms with Crippen LogP contribution in [0, 0.1) is 0 Å². The zero-order valence-corrected chi connectivity index (χ0v) is 21.3. The highest BCUT2D eigenvalue weighted by Crippen LogP contribution is 2.23. The van der Waals surface area contributed by atoms with E-state index in [4.69, 9.17) is 4.74 Å². The van der Waals surface area contributed by atoms with Crippen LogP contribution in [0.2, 0.25) is 0 Å². The number of fused-ring (bicyclic) bond motifs is 1. The summed E-state index contributed by atoms with van der Waals surface area (Å²) in [5.74, 6) is 0.179. The third kappa shape index (κ3) is 6.61. The van der Waals surface area contributed by atoms with Gasteiger partial charge in [-0.15, -0.1) is 0 Å². The lowest BCUT2D eigenvalue weighted by Crippen LogP contribution is -2.48. The fourth-order valence-electron chi connectivity index (χ4n) is 4.33. The summed E-state index contributed by atoms with van der Waals surface area (Å²) in [4.78, 5) is 44.3. The number of benzene rings is 1. The van der Waals surface area contributed by atoms with Crippen molar-refractivity contribution in [3.8, 4) is 5.75 Å². The molecule has 0 radical (unpaired) electrons. The maximum absolute atomic E-state index is 13.4. The van der Waals surface area contributed by atoms with Gasteiger partial charge in [-0.1, -0.05) is 12.1 Å². The van der Waals surface area contributed by atoms with Gasteiger partial charge in [0.2, 0.25) is 5.91 Å². The minimum Gasteiger partial charge on any atom is -0.493 e. The predicted molar refractivity (Wildman–Crippen MR) is 133 cm³/mol. The lowest BCUT2D eigenvalue weighted by Gasteiger charge is -2.31. The molecule has 2 heterocycles. The number of carbonyl (C=O) groups is 3. The molecular formula is C26H37N5O4. The highest BCUT2D eigenvalue weighted by atomic mass is 16.5. The van der Waals surface area contributed by atoms with Gasteiger partial charge in [0, 0.05) is 47.5 Å². The summed E-state index contributed by atoms with van der Waals surface area (Å²) in [6.45, 7) is 1.74. The van der Waals surface area contributed by atoms with Crippen LogP contribution in [0.15, 0.2) is 36.5 Å². The molecule has 0 unspecified atom stereocenters. The standard InChI is InChI=1S/C26H37N5O4/c1-28-17-9-5-11-19-35-23-14-7-6-12-20(23)24(32)30(3)21(25(28)33)13-8-10-18-29(2)26(34)22-15-16-27-31(22)4/h6-7,12,14-16,21H,5,8-11,13,17-19H2,1-4H3/t21-/m0/s1. The van der Waals surface area contributed by atoms with Gasteiger partial charge in [-0.3, -0.25) is 19.1 Å². The van der Waals surface area contributed by atoms with Crippen molar-refractivity contribution in [2.75, 3.05) is 40.8 Å². The number of hydrogen-bond donors (Lipinski definition) is 0. The Hall–Kier alpha value is -3.36. The molecule has 1 aromatic heterocycles. The Bertz CT molecular complexity index is 1020. The van der Waals surface area contributed by atoms with Crippen molar-refractivity contribution in [2.45, 2.75) is 44.6 Å². The number of amides is 3. The van der Waals surface area contributed by atoms with Crippen molar-refractivity contribution in [3.63, 3.8) is 0 Å². The maximum atomic E-state index is 13.4. The number of hydrogen-bond acceptors (Lipinski definition) is 5. The van der Waals surface area contributed by atoms with E-state index in [1.165, 1.54) is 0 Å². The summed E-state index contributed by atoms with van der Waals surface area (Å²) in [6, 6.07) is 8.33. The van der Waals surface area contributed by atoms with Gasteiger partial charge in [-0.25, -0.2) is 0 Å². The van der Waals surface area contributed by atoms with E-state index in [-0.39, 0.29) is 17.7 Å². The first-order valence-electron chi connectivity index (χ1n) is 12.3. The lowest BCUT2D eigenvalue weighted by molar-refractivity contribution is -0.134. The lowest BCUT2D eigenvalue weighted by atomic mass is 10.0. The molecule has 2 aromatic rings. The summed E-state index contributed by atoms with van der Waals surface area (Å²) in [5.41, 5.74) is 1.00. The van der Waals surface area contributed by atoms with E-state index in [0.29, 0.717) is 49.5 Å². The molecule has 0 saturated carbocycles. The van der Waals surface area contributed by atoms with Crippen molar-refractivity contribution in [1.29, 1.82) is 0 Å². The van der Waals surface area contributed by atoms with Crippen molar-refractivity contribution in [2.24, 2.45) is 7.05 Å². The van der Waals surface area contributed by atoms with E-state index < -0.39 is 6.04 Å². The van der Waals surface area contributed by atoms with E-state index in [2.05, 4.69) is 5.10 Å². The van der Waals surface area contributed by atoms with Crippen LogP contribution in [0.4, 0.5) is 0 Å². The number of para-hydroxylation sites is 1. The highest BCUT2D eigenvalue weighted by Gasteiger charge is 2.31. The Balaban J connectivity index is 1.69. The number of rotatable bonds is 6. The normalized spacial score (nSPS) is 17.7. The van der Waals surface area contributed by atoms with Crippen LogP contribution in [-0.2, 0) is 11.8 Å². The van der Waals surface area contributed by atoms with E-state index in [1.54, 1.807) is 72.0 Å². The van der Waals surface area contributed by atoms with Crippen molar-refractivity contribution in [3.05, 3.63) is 47.8 Å². The van der Waals surface area contributed by atoms with Crippen molar-refractivity contribution >= 4 is 17.7 Å². The fraction of sp³-hybridized carbons (Fsp3) is 0.538. The van der Waals surface area contributed by atoms with Gasteiger partial charge >= 0.3 is 0 Å². The molecule has 190 valence electrons. The molecule has 9 heteroatoms. The van der Waals surface area contributed by atoms with Gasteiger partial charge in [0.25, 0.3) is 11.8 Å². The zero-order chi connectivity index (χ0) is 25.4. The number of ether oxygens (including phenoxy) is 1. The van der Waals surface area contributed by atoms with Gasteiger partial charge in [0.1, 0.15) is 17.5 Å². The van der Waals surface area contributed by atoms with Gasteiger partial charge in [-0.05, 0) is 56.7 Å². The number of likely N-dealkylation sites (N-methyl/N-ethyl adjacent to an activating group) is 2. The molecule has 9 nitrogen and oxygen atoms in total. The monoisotopic (exact) mass is 483 g/mol. The van der Waals surface area contributed by atoms with Crippen LogP contribution in [0.5, 0.6) is 5.75 Å². The van der Waals surface area contributed by atoms with E-state index in [9.17, 15) is 14.4 Å². The van der Waals surface area contributed by atoms with Crippen molar-refractivity contribution < 1.29 is 19.1 Å². The second-order valence-electron chi connectivity index (χ2n) is 9.16. The van der Waals surface area contributed by atoms with E-state index in [1.807, 2.05) is 12.1 Å². The van der Waals surface area contributed by atoms with Crippen molar-refractivity contribution in [1.82, 2.24) is 24.5 Å². The van der Waals surface area contributed by atoms with E-state index >= 15 is 0 Å². The van der Waals surface area contributed by atoms with Gasteiger partial charge in [0.05, 0.1) is 12.2 Å². The van der Waals surface area contributed by atoms with Gasteiger partial charge < -0.3 is 19.4 Å². The van der Waals surface area contributed by atoms with Crippen LogP contribution < -0.4 is 4.74 Å². The Morgan fingerprint density at radius 1 is 1.09 bits per heavy atom. The van der Waals surface area contributed by atoms with Gasteiger partial charge in [0.15, 0.2) is 0 Å². The topological polar surface area (TPSA) is 88.0 Å². The first kappa shape index (κ1) is 26.2. The second kappa shape index (κ2) is 12.4. The molecule has 3 amide bonds. The molecule has 0 bridgehead atoms. The minimum atomic E-state index is -0.584. The Labute approximate surface area is 207 Å². The van der Waals surface area contributed by atoms with Crippen LogP contribution >= 0.6 is 0 Å². The molecule has 1 aliphatic rings. The fourth-order valence-corrected chi connectivity index (χ4v) is 4.33. The molecule has 35 heavy (non-hydrogen) atoms. The largest absolute Gasteiger partial charge is 0.493 e. The highest BCUT2D eigenvalue weighted by molar-refractivity contribution is 5.99. The minimum absolute atomic E-state index is 0.0576. The third-order valence-electron chi connectivity index (χ3n) is 6.57. The molecule has 0 N–H and O–H groups in total. The number of unbranched alkanes of at least 4 members (excludes halogenated alkanes) is 1. The molecule has 1 aromatic carbocycles. The molecule has 1 atom stereocenters. The zero-order valence-electron chi connectivity index (χ0n) is 21.3. The summed E-state index contributed by atoms with van der Waals surface area (Å²) >= 11 is 0. The Morgan fingerprint density at radius 3 is 2.60 bits per heavy atom. The van der Waals surface area contributed by atoms with Crippen LogP contribution in [0.1, 0.15) is 59.4 Å². The molecule has 0 aliphatic carbocycles. The molecule has 0 saturated heterocycles. The Kier molecular flexibility index (Phi) is 9.28. The molecule has 3 rings (SSSR count). The summed E-state index contributed by atoms with van der Waals surface area (Å²) in [6.07, 6.45) is 6.24. The summed E-state index contributed by atoms with van der Waals surface area (Å²) in [5, 5.41) is 4.05. The number of carbonyl (C=O) groups excluding carboxylic acids is 3. The Morgan fingerprint density at radius 2 is 1.86 bits per heavy atom. The van der Waals surface area contributed by atoms with E-state index in [0.717, 1.165) is 25.7 Å². The van der Waals surface area contributed by atoms with Crippen LogP contribution in [-0.4, -0.2) is 89.1 Å². The quantitative estimate of drug-likeness (QED) is 0.590. The molecule has 0 fully saturated rings. The molecular weight excluding hydrogens is 446 g/mol. The second-order valence-corrected chi connectivity index (χ2v) is 9.16. The predicted octanol–water partition coefficient (Wildman–Crippen LogP) is 2.82. The third-order valence-corrected chi connectivity index (χ3v) is 6.57. The molecule has 0 spiro atoms. The number of nitrogens with zero attached hydrogens (tertiary/aromatic N) is 5. The number of aryl methyl sites for hydroxylation is 1. The average molecular weight is 484 g/mol. The average Bonchev–Trinajstić information content (AvgIpc) is 3.29. The van der Waals surface area contributed by atoms with Crippen LogP contribution in [0.3, 0.4) is 0 Å². The SMILES string of the molecule is CN(CCCC[C@H]1C(=O)N(C)CCCCCOc2ccccc2C(=O)N1C)C(=O)c1ccnn1C. The summed E-state index contributed by atoms with van der Waals surface area (Å²) in [7, 11) is 7.00. The first-order valence-corrected chi connectivity index (χ1v) is 12.3. The first-order chi connectivity index (χ1) is 16.8. The molecule has 1 aliphatic heterocycles. The number of aromatic nitrogens is 2. The van der Waals surface area contributed by atoms with Crippen LogP contribution in [0.25, 0.3) is 0 Å². The maximum Gasteiger partial charge on any atom is 0.271 e. The smallest absolute Gasteiger partial charge is 0.271 e. The van der Waals surface area contributed by atoms with Gasteiger partial charge in [-0.2, -0.15) is 5.10 Å².